The van der Waals surface area contributed by atoms with Gasteiger partial charge in [0.1, 0.15) is 0 Å². The molecule has 0 aliphatic carbocycles. The van der Waals surface area contributed by atoms with Crippen LogP contribution in [-0.2, 0) is 6.42 Å². The minimum Gasteiger partial charge on any atom is -0.237 e. The van der Waals surface area contributed by atoms with E-state index in [2.05, 4.69) is 31.2 Å². The van der Waals surface area contributed by atoms with Crippen molar-refractivity contribution in [2.24, 2.45) is 0 Å². The summed E-state index contributed by atoms with van der Waals surface area (Å²) < 4.78 is 1.99. The Hall–Kier alpha value is -1.77. The van der Waals surface area contributed by atoms with Crippen molar-refractivity contribution < 1.29 is 0 Å². The van der Waals surface area contributed by atoms with Crippen molar-refractivity contribution in [1.82, 2.24) is 9.78 Å². The van der Waals surface area contributed by atoms with E-state index in [-0.39, 0.29) is 0 Å². The lowest BCUT2D eigenvalue weighted by Crippen LogP contribution is -1.99. The zero-order valence-corrected chi connectivity index (χ0v) is 14.7. The van der Waals surface area contributed by atoms with Crippen LogP contribution >= 0.6 is 23.2 Å². The fourth-order valence-electron chi connectivity index (χ4n) is 2.84. The fourth-order valence-corrected chi connectivity index (χ4v) is 3.19. The maximum absolute atomic E-state index is 5.99. The number of alkyl halides is 1. The fraction of sp³-hybridized carbons (Fsp3) is 0.211. The third kappa shape index (κ3) is 3.29. The summed E-state index contributed by atoms with van der Waals surface area (Å²) in [6, 6.07) is 16.3. The van der Waals surface area contributed by atoms with Gasteiger partial charge in [0.05, 0.1) is 11.4 Å². The van der Waals surface area contributed by atoms with Crippen molar-refractivity contribution in [2.75, 3.05) is 5.88 Å². The first-order chi connectivity index (χ1) is 11.1. The van der Waals surface area contributed by atoms with E-state index < -0.39 is 0 Å². The molecule has 2 nitrogen and oxygen atoms in total. The van der Waals surface area contributed by atoms with Crippen LogP contribution in [0.25, 0.3) is 16.8 Å². The lowest BCUT2D eigenvalue weighted by molar-refractivity contribution is 0.833. The highest BCUT2D eigenvalue weighted by molar-refractivity contribution is 6.30. The average Bonchev–Trinajstić information content (AvgIpc) is 2.84. The molecular weight excluding hydrogens is 327 g/mol. The van der Waals surface area contributed by atoms with Gasteiger partial charge < -0.3 is 0 Å². The lowest BCUT2D eigenvalue weighted by Gasteiger charge is -2.07. The van der Waals surface area contributed by atoms with Gasteiger partial charge in [0.2, 0.25) is 0 Å². The Balaban J connectivity index is 2.01. The van der Waals surface area contributed by atoms with Crippen LogP contribution in [0.5, 0.6) is 0 Å². The van der Waals surface area contributed by atoms with E-state index >= 15 is 0 Å². The van der Waals surface area contributed by atoms with E-state index in [9.17, 15) is 0 Å². The van der Waals surface area contributed by atoms with Crippen LogP contribution in [0.3, 0.4) is 0 Å². The van der Waals surface area contributed by atoms with Gasteiger partial charge in [-0.15, -0.1) is 11.6 Å². The summed E-state index contributed by atoms with van der Waals surface area (Å²) in [5.41, 5.74) is 6.72. The molecule has 0 N–H and O–H groups in total. The first-order valence-corrected chi connectivity index (χ1v) is 8.49. The monoisotopic (exact) mass is 344 g/mol. The average molecular weight is 345 g/mol. The van der Waals surface area contributed by atoms with Gasteiger partial charge in [0.25, 0.3) is 0 Å². The zero-order chi connectivity index (χ0) is 16.4. The Labute approximate surface area is 146 Å². The largest absolute Gasteiger partial charge is 0.237 e. The van der Waals surface area contributed by atoms with Gasteiger partial charge in [-0.25, -0.2) is 4.68 Å². The van der Waals surface area contributed by atoms with Crippen LogP contribution in [0.2, 0.25) is 5.02 Å². The Bertz CT molecular complexity index is 803. The molecule has 0 aliphatic heterocycles. The van der Waals surface area contributed by atoms with Crippen molar-refractivity contribution in [3.05, 3.63) is 70.5 Å². The molecule has 0 bridgehead atoms. The Morgan fingerprint density at radius 1 is 0.957 bits per heavy atom. The normalized spacial score (nSPS) is 11.0. The molecule has 0 amide bonds. The summed E-state index contributed by atoms with van der Waals surface area (Å²) >= 11 is 11.8. The van der Waals surface area contributed by atoms with Gasteiger partial charge in [0, 0.05) is 22.2 Å². The molecule has 0 aliphatic rings. The van der Waals surface area contributed by atoms with E-state index in [1.165, 1.54) is 5.56 Å². The second-order valence-corrected chi connectivity index (χ2v) is 6.38. The summed E-state index contributed by atoms with van der Waals surface area (Å²) in [6.45, 7) is 4.13. The van der Waals surface area contributed by atoms with E-state index in [1.54, 1.807) is 0 Å². The molecule has 0 unspecified atom stereocenters. The molecule has 0 saturated heterocycles. The summed E-state index contributed by atoms with van der Waals surface area (Å²) in [4.78, 5) is 0. The van der Waals surface area contributed by atoms with Crippen LogP contribution in [0, 0.1) is 13.8 Å². The molecule has 1 heterocycles. The topological polar surface area (TPSA) is 17.8 Å². The molecule has 1 aromatic heterocycles. The minimum atomic E-state index is 0.639. The Kier molecular flexibility index (Phi) is 4.74. The molecule has 0 atom stereocenters. The summed E-state index contributed by atoms with van der Waals surface area (Å²) in [5, 5.41) is 5.45. The number of benzene rings is 2. The van der Waals surface area contributed by atoms with Crippen molar-refractivity contribution in [3.63, 3.8) is 0 Å². The van der Waals surface area contributed by atoms with Crippen LogP contribution in [-0.4, -0.2) is 15.7 Å². The van der Waals surface area contributed by atoms with Gasteiger partial charge in [-0.3, -0.25) is 0 Å². The highest BCUT2D eigenvalue weighted by atomic mass is 35.5. The van der Waals surface area contributed by atoms with Crippen molar-refractivity contribution in [1.29, 1.82) is 0 Å². The SMILES string of the molecule is Cc1nn(-c2ccc(CCCl)cc2)c(C)c1-c1ccc(Cl)cc1. The van der Waals surface area contributed by atoms with E-state index in [0.29, 0.717) is 5.88 Å². The standard InChI is InChI=1S/C19H18Cl2N2/c1-13-19(16-5-7-17(21)8-6-16)14(2)23(22-13)18-9-3-15(4-10-18)11-12-20/h3-10H,11-12H2,1-2H3. The minimum absolute atomic E-state index is 0.639. The highest BCUT2D eigenvalue weighted by Gasteiger charge is 2.14. The molecule has 4 heteroatoms. The van der Waals surface area contributed by atoms with Crippen LogP contribution in [0.1, 0.15) is 17.0 Å². The quantitative estimate of drug-likeness (QED) is 0.564. The van der Waals surface area contributed by atoms with E-state index in [1.807, 2.05) is 35.9 Å². The Morgan fingerprint density at radius 3 is 2.22 bits per heavy atom. The first-order valence-electron chi connectivity index (χ1n) is 7.57. The highest BCUT2D eigenvalue weighted by Crippen LogP contribution is 2.29. The number of hydrogen-bond acceptors (Lipinski definition) is 1. The molecular formula is C19H18Cl2N2. The van der Waals surface area contributed by atoms with Crippen molar-refractivity contribution in [2.45, 2.75) is 20.3 Å². The molecule has 3 aromatic rings. The number of halogens is 2. The van der Waals surface area contributed by atoms with Gasteiger partial charge >= 0.3 is 0 Å². The molecule has 0 fully saturated rings. The van der Waals surface area contributed by atoms with Gasteiger partial charge in [-0.05, 0) is 55.7 Å². The number of hydrogen-bond donors (Lipinski definition) is 0. The van der Waals surface area contributed by atoms with Gasteiger partial charge in [-0.1, -0.05) is 35.9 Å². The van der Waals surface area contributed by atoms with Crippen LogP contribution in [0.4, 0.5) is 0 Å². The number of aromatic nitrogens is 2. The number of aryl methyl sites for hydroxylation is 2. The molecule has 0 spiro atoms. The molecule has 0 saturated carbocycles. The molecule has 118 valence electrons. The zero-order valence-electron chi connectivity index (χ0n) is 13.2. The maximum Gasteiger partial charge on any atom is 0.0679 e. The predicted molar refractivity (Wildman–Crippen MR) is 97.9 cm³/mol. The summed E-state index contributed by atoms with van der Waals surface area (Å²) in [7, 11) is 0. The van der Waals surface area contributed by atoms with Crippen molar-refractivity contribution >= 4 is 23.2 Å². The molecule has 2 aromatic carbocycles. The van der Waals surface area contributed by atoms with Crippen molar-refractivity contribution in [3.8, 4) is 16.8 Å². The molecule has 23 heavy (non-hydrogen) atoms. The number of rotatable bonds is 4. The van der Waals surface area contributed by atoms with E-state index in [4.69, 9.17) is 28.3 Å². The third-order valence-electron chi connectivity index (χ3n) is 3.99. The third-order valence-corrected chi connectivity index (χ3v) is 4.43. The van der Waals surface area contributed by atoms with Crippen LogP contribution < -0.4 is 0 Å². The second kappa shape index (κ2) is 6.77. The molecule has 0 radical (unpaired) electrons. The van der Waals surface area contributed by atoms with Crippen LogP contribution in [0.15, 0.2) is 48.5 Å². The number of nitrogens with zero attached hydrogens (tertiary/aromatic N) is 2. The molecule has 3 rings (SSSR count). The summed E-state index contributed by atoms with van der Waals surface area (Å²) in [6.07, 6.45) is 0.884. The van der Waals surface area contributed by atoms with Gasteiger partial charge in [0.15, 0.2) is 0 Å². The van der Waals surface area contributed by atoms with Gasteiger partial charge in [-0.2, -0.15) is 5.10 Å². The smallest absolute Gasteiger partial charge is 0.0679 e. The first kappa shape index (κ1) is 16.1. The maximum atomic E-state index is 5.99. The summed E-state index contributed by atoms with van der Waals surface area (Å²) in [5.74, 6) is 0.639. The predicted octanol–water partition coefficient (Wildman–Crippen LogP) is 5.59. The van der Waals surface area contributed by atoms with E-state index in [0.717, 1.165) is 39.6 Å². The Morgan fingerprint density at radius 2 is 1.61 bits per heavy atom. The lowest BCUT2D eigenvalue weighted by atomic mass is 10.0. The second-order valence-electron chi connectivity index (χ2n) is 5.57.